The molecule has 0 atom stereocenters. The van der Waals surface area contributed by atoms with Crippen LogP contribution in [0, 0.1) is 6.92 Å². The summed E-state index contributed by atoms with van der Waals surface area (Å²) in [6.45, 7) is 3.36. The summed E-state index contributed by atoms with van der Waals surface area (Å²) in [6.07, 6.45) is 1.57. The second-order valence-corrected chi connectivity index (χ2v) is 6.27. The van der Waals surface area contributed by atoms with Crippen LogP contribution in [0.5, 0.6) is 0 Å². The van der Waals surface area contributed by atoms with Crippen molar-refractivity contribution in [3.63, 3.8) is 0 Å². The molecule has 0 aliphatic carbocycles. The van der Waals surface area contributed by atoms with E-state index in [0.29, 0.717) is 18.2 Å². The van der Waals surface area contributed by atoms with Crippen molar-refractivity contribution in [2.75, 3.05) is 32.5 Å². The molecule has 0 fully saturated rings. The minimum atomic E-state index is -0.204. The fourth-order valence-corrected chi connectivity index (χ4v) is 2.13. The van der Waals surface area contributed by atoms with Gasteiger partial charge in [0.25, 0.3) is 5.91 Å². The predicted molar refractivity (Wildman–Crippen MR) is 95.1 cm³/mol. The Kier molecular flexibility index (Phi) is 6.06. The molecular formula is C16H20BrN5O. The van der Waals surface area contributed by atoms with Crippen molar-refractivity contribution in [2.24, 2.45) is 0 Å². The third kappa shape index (κ3) is 5.30. The number of nitrogens with zero attached hydrogens (tertiary/aromatic N) is 3. The number of carbonyl (C=O) groups is 1. The highest BCUT2D eigenvalue weighted by molar-refractivity contribution is 9.10. The minimum Gasteiger partial charge on any atom is -0.349 e. The minimum absolute atomic E-state index is 0.204. The van der Waals surface area contributed by atoms with Crippen LogP contribution in [-0.4, -0.2) is 48.0 Å². The Morgan fingerprint density at radius 1 is 1.30 bits per heavy atom. The molecule has 0 unspecified atom stereocenters. The van der Waals surface area contributed by atoms with Gasteiger partial charge in [-0.1, -0.05) is 15.9 Å². The fraction of sp³-hybridized carbons (Fsp3) is 0.312. The van der Waals surface area contributed by atoms with Gasteiger partial charge in [-0.05, 0) is 50.8 Å². The number of aryl methyl sites for hydroxylation is 1. The molecule has 0 aliphatic heterocycles. The summed E-state index contributed by atoms with van der Waals surface area (Å²) in [4.78, 5) is 22.5. The summed E-state index contributed by atoms with van der Waals surface area (Å²) in [6, 6.07) is 7.46. The SMILES string of the molecule is Cc1cc(Nc2nccc(C(=O)NCCN(C)C)n2)ccc1Br. The predicted octanol–water partition coefficient (Wildman–Crippen LogP) is 2.58. The van der Waals surface area contributed by atoms with Gasteiger partial charge < -0.3 is 15.5 Å². The first-order valence-electron chi connectivity index (χ1n) is 7.25. The third-order valence-corrected chi connectivity index (χ3v) is 4.04. The zero-order valence-corrected chi connectivity index (χ0v) is 15.0. The summed E-state index contributed by atoms with van der Waals surface area (Å²) in [5.41, 5.74) is 2.32. The molecule has 122 valence electrons. The van der Waals surface area contributed by atoms with Crippen LogP contribution < -0.4 is 10.6 Å². The first kappa shape index (κ1) is 17.4. The van der Waals surface area contributed by atoms with Crippen molar-refractivity contribution in [1.82, 2.24) is 20.2 Å². The zero-order valence-electron chi connectivity index (χ0n) is 13.4. The van der Waals surface area contributed by atoms with Crippen LogP contribution in [0.1, 0.15) is 16.1 Å². The molecule has 0 saturated carbocycles. The third-order valence-electron chi connectivity index (χ3n) is 3.15. The molecule has 7 heteroatoms. The van der Waals surface area contributed by atoms with Crippen LogP contribution in [0.3, 0.4) is 0 Å². The highest BCUT2D eigenvalue weighted by Gasteiger charge is 2.09. The summed E-state index contributed by atoms with van der Waals surface area (Å²) < 4.78 is 1.04. The van der Waals surface area contributed by atoms with Crippen LogP contribution in [0.15, 0.2) is 34.9 Å². The van der Waals surface area contributed by atoms with E-state index in [1.165, 1.54) is 0 Å². The normalized spacial score (nSPS) is 10.7. The van der Waals surface area contributed by atoms with E-state index in [4.69, 9.17) is 0 Å². The number of aromatic nitrogens is 2. The van der Waals surface area contributed by atoms with E-state index in [0.717, 1.165) is 22.3 Å². The Morgan fingerprint density at radius 2 is 2.09 bits per heavy atom. The van der Waals surface area contributed by atoms with Crippen molar-refractivity contribution in [3.05, 3.63) is 46.2 Å². The van der Waals surface area contributed by atoms with E-state index in [2.05, 4.69) is 36.5 Å². The number of carbonyl (C=O) groups excluding carboxylic acids is 1. The van der Waals surface area contributed by atoms with E-state index < -0.39 is 0 Å². The smallest absolute Gasteiger partial charge is 0.270 e. The Bertz CT molecular complexity index is 690. The molecule has 0 radical (unpaired) electrons. The van der Waals surface area contributed by atoms with Gasteiger partial charge in [-0.25, -0.2) is 9.97 Å². The van der Waals surface area contributed by atoms with Crippen LogP contribution in [0.2, 0.25) is 0 Å². The second-order valence-electron chi connectivity index (χ2n) is 5.41. The standard InChI is InChI=1S/C16H20BrN5O/c1-11-10-12(4-5-13(11)17)20-16-19-7-6-14(21-16)15(23)18-8-9-22(2)3/h4-7,10H,8-9H2,1-3H3,(H,18,23)(H,19,20,21). The highest BCUT2D eigenvalue weighted by Crippen LogP contribution is 2.21. The average molecular weight is 378 g/mol. The molecule has 6 nitrogen and oxygen atoms in total. The summed E-state index contributed by atoms with van der Waals surface area (Å²) in [7, 11) is 3.91. The summed E-state index contributed by atoms with van der Waals surface area (Å²) in [5.74, 6) is 0.191. The van der Waals surface area contributed by atoms with Crippen molar-refractivity contribution >= 4 is 33.5 Å². The van der Waals surface area contributed by atoms with Gasteiger partial charge in [-0.2, -0.15) is 0 Å². The fourth-order valence-electron chi connectivity index (χ4n) is 1.88. The maximum atomic E-state index is 12.1. The molecule has 0 saturated heterocycles. The molecular weight excluding hydrogens is 358 g/mol. The number of benzene rings is 1. The van der Waals surface area contributed by atoms with Gasteiger partial charge in [-0.3, -0.25) is 4.79 Å². The molecule has 1 heterocycles. The monoisotopic (exact) mass is 377 g/mol. The van der Waals surface area contributed by atoms with Gasteiger partial charge in [0, 0.05) is 29.4 Å². The van der Waals surface area contributed by atoms with Crippen LogP contribution in [0.4, 0.5) is 11.6 Å². The van der Waals surface area contributed by atoms with Crippen LogP contribution in [-0.2, 0) is 0 Å². The van der Waals surface area contributed by atoms with E-state index in [9.17, 15) is 4.79 Å². The number of halogens is 1. The van der Waals surface area contributed by atoms with Gasteiger partial charge in [0.2, 0.25) is 5.95 Å². The van der Waals surface area contributed by atoms with E-state index in [-0.39, 0.29) is 5.91 Å². The first-order valence-corrected chi connectivity index (χ1v) is 8.04. The number of rotatable bonds is 6. The van der Waals surface area contributed by atoms with Gasteiger partial charge in [0.15, 0.2) is 0 Å². The van der Waals surface area contributed by atoms with Crippen molar-refractivity contribution in [2.45, 2.75) is 6.92 Å². The Morgan fingerprint density at radius 3 is 2.78 bits per heavy atom. The molecule has 2 rings (SSSR count). The van der Waals surface area contributed by atoms with Crippen LogP contribution in [0.25, 0.3) is 0 Å². The number of anilines is 2. The maximum absolute atomic E-state index is 12.1. The second kappa shape index (κ2) is 8.03. The number of hydrogen-bond acceptors (Lipinski definition) is 5. The van der Waals surface area contributed by atoms with Crippen LogP contribution >= 0.6 is 15.9 Å². The molecule has 2 aromatic rings. The van der Waals surface area contributed by atoms with Crippen molar-refractivity contribution in [3.8, 4) is 0 Å². The molecule has 1 aromatic heterocycles. The number of amides is 1. The summed E-state index contributed by atoms with van der Waals surface area (Å²) >= 11 is 3.46. The number of nitrogens with one attached hydrogen (secondary N) is 2. The lowest BCUT2D eigenvalue weighted by Gasteiger charge is -2.11. The zero-order chi connectivity index (χ0) is 16.8. The first-order chi connectivity index (χ1) is 11.0. The molecule has 0 spiro atoms. The van der Waals surface area contributed by atoms with Gasteiger partial charge in [0.1, 0.15) is 5.69 Å². The van der Waals surface area contributed by atoms with E-state index >= 15 is 0 Å². The van der Waals surface area contributed by atoms with Crippen molar-refractivity contribution in [1.29, 1.82) is 0 Å². The lowest BCUT2D eigenvalue weighted by Crippen LogP contribution is -2.31. The van der Waals surface area contributed by atoms with E-state index in [1.807, 2.05) is 44.1 Å². The van der Waals surface area contributed by atoms with Crippen molar-refractivity contribution < 1.29 is 4.79 Å². The molecule has 1 amide bonds. The summed E-state index contributed by atoms with van der Waals surface area (Å²) in [5, 5.41) is 5.94. The van der Waals surface area contributed by atoms with Gasteiger partial charge >= 0.3 is 0 Å². The topological polar surface area (TPSA) is 70.2 Å². The Labute approximate surface area is 144 Å². The average Bonchev–Trinajstić information content (AvgIpc) is 2.51. The highest BCUT2D eigenvalue weighted by atomic mass is 79.9. The Balaban J connectivity index is 2.04. The van der Waals surface area contributed by atoms with Gasteiger partial charge in [-0.15, -0.1) is 0 Å². The molecule has 1 aromatic carbocycles. The van der Waals surface area contributed by atoms with E-state index in [1.54, 1.807) is 12.3 Å². The number of likely N-dealkylation sites (N-methyl/N-ethyl adjacent to an activating group) is 1. The lowest BCUT2D eigenvalue weighted by atomic mass is 10.2. The number of hydrogen-bond donors (Lipinski definition) is 2. The maximum Gasteiger partial charge on any atom is 0.270 e. The Hall–Kier alpha value is -1.99. The lowest BCUT2D eigenvalue weighted by molar-refractivity contribution is 0.0946. The molecule has 0 aliphatic rings. The quantitative estimate of drug-likeness (QED) is 0.809. The molecule has 0 bridgehead atoms. The molecule has 2 N–H and O–H groups in total. The largest absolute Gasteiger partial charge is 0.349 e. The molecule has 23 heavy (non-hydrogen) atoms. The van der Waals surface area contributed by atoms with Gasteiger partial charge in [0.05, 0.1) is 0 Å².